The fourth-order valence-corrected chi connectivity index (χ4v) is 1.47. The Morgan fingerprint density at radius 1 is 1.26 bits per heavy atom. The molecule has 0 fully saturated rings. The standard InChI is InChI=1S/C12H13F3O4/c1-2-19-10(17)5-9(16)12(18)6-3-7(13)11(15)8(14)4-6/h3-4,9,12,16,18H,2,5H2,1H3. The summed E-state index contributed by atoms with van der Waals surface area (Å²) in [4.78, 5) is 11.1. The second-order valence-electron chi connectivity index (χ2n) is 3.82. The van der Waals surface area contributed by atoms with Crippen molar-refractivity contribution in [3.63, 3.8) is 0 Å². The zero-order chi connectivity index (χ0) is 14.6. The lowest BCUT2D eigenvalue weighted by atomic mass is 10.0. The summed E-state index contributed by atoms with van der Waals surface area (Å²) in [6.45, 7) is 1.66. The van der Waals surface area contributed by atoms with Crippen LogP contribution in [0.3, 0.4) is 0 Å². The Balaban J connectivity index is 2.82. The van der Waals surface area contributed by atoms with E-state index in [0.717, 1.165) is 0 Å². The van der Waals surface area contributed by atoms with Crippen molar-refractivity contribution in [2.45, 2.75) is 25.6 Å². The Hall–Kier alpha value is -1.60. The summed E-state index contributed by atoms with van der Waals surface area (Å²) in [5.41, 5.74) is -0.367. The van der Waals surface area contributed by atoms with E-state index < -0.39 is 42.0 Å². The third kappa shape index (κ3) is 3.93. The second kappa shape index (κ2) is 6.53. The van der Waals surface area contributed by atoms with Gasteiger partial charge >= 0.3 is 5.97 Å². The van der Waals surface area contributed by atoms with E-state index in [-0.39, 0.29) is 12.2 Å². The lowest BCUT2D eigenvalue weighted by molar-refractivity contribution is -0.147. The molecule has 0 spiro atoms. The molecule has 4 nitrogen and oxygen atoms in total. The molecule has 2 unspecified atom stereocenters. The van der Waals surface area contributed by atoms with Crippen molar-refractivity contribution in [1.29, 1.82) is 0 Å². The minimum absolute atomic E-state index is 0.0987. The van der Waals surface area contributed by atoms with Crippen LogP contribution in [-0.2, 0) is 9.53 Å². The smallest absolute Gasteiger partial charge is 0.308 e. The summed E-state index contributed by atoms with van der Waals surface area (Å²) in [7, 11) is 0. The van der Waals surface area contributed by atoms with Crippen molar-refractivity contribution in [1.82, 2.24) is 0 Å². The van der Waals surface area contributed by atoms with Gasteiger partial charge in [0.25, 0.3) is 0 Å². The number of ether oxygens (including phenoxy) is 1. The maximum Gasteiger partial charge on any atom is 0.308 e. The minimum Gasteiger partial charge on any atom is -0.466 e. The molecule has 0 saturated heterocycles. The molecule has 1 rings (SSSR count). The lowest BCUT2D eigenvalue weighted by Gasteiger charge is -2.17. The number of benzene rings is 1. The largest absolute Gasteiger partial charge is 0.466 e. The zero-order valence-corrected chi connectivity index (χ0v) is 10.1. The first-order valence-corrected chi connectivity index (χ1v) is 5.53. The molecule has 0 heterocycles. The Bertz CT molecular complexity index is 441. The van der Waals surface area contributed by atoms with Crippen LogP contribution in [0.25, 0.3) is 0 Å². The second-order valence-corrected chi connectivity index (χ2v) is 3.82. The minimum atomic E-state index is -1.73. The Morgan fingerprint density at radius 2 is 1.79 bits per heavy atom. The molecule has 1 aromatic carbocycles. The third-order valence-electron chi connectivity index (χ3n) is 2.39. The van der Waals surface area contributed by atoms with Crippen LogP contribution in [0.5, 0.6) is 0 Å². The normalized spacial score (nSPS) is 14.0. The maximum atomic E-state index is 12.9. The molecule has 0 bridgehead atoms. The van der Waals surface area contributed by atoms with Crippen LogP contribution in [0.15, 0.2) is 12.1 Å². The van der Waals surface area contributed by atoms with Gasteiger partial charge in [0.05, 0.1) is 19.1 Å². The van der Waals surface area contributed by atoms with Crippen LogP contribution in [0, 0.1) is 17.5 Å². The molecule has 0 radical (unpaired) electrons. The van der Waals surface area contributed by atoms with Gasteiger partial charge in [0, 0.05) is 0 Å². The molecule has 2 atom stereocenters. The van der Waals surface area contributed by atoms with Gasteiger partial charge in [0.1, 0.15) is 6.10 Å². The fourth-order valence-electron chi connectivity index (χ4n) is 1.47. The van der Waals surface area contributed by atoms with Crippen molar-refractivity contribution in [3.8, 4) is 0 Å². The molecule has 0 amide bonds. The van der Waals surface area contributed by atoms with E-state index >= 15 is 0 Å². The molecule has 2 N–H and O–H groups in total. The summed E-state index contributed by atoms with van der Waals surface area (Å²) in [6.07, 6.45) is -3.88. The average Bonchev–Trinajstić information content (AvgIpc) is 2.34. The summed E-state index contributed by atoms with van der Waals surface area (Å²) in [5.74, 6) is -5.41. The van der Waals surface area contributed by atoms with Gasteiger partial charge < -0.3 is 14.9 Å². The SMILES string of the molecule is CCOC(=O)CC(O)C(O)c1cc(F)c(F)c(F)c1. The number of hydrogen-bond acceptors (Lipinski definition) is 4. The van der Waals surface area contributed by atoms with E-state index in [2.05, 4.69) is 4.74 Å². The van der Waals surface area contributed by atoms with Crippen LogP contribution >= 0.6 is 0 Å². The Kier molecular flexibility index (Phi) is 5.31. The van der Waals surface area contributed by atoms with Gasteiger partial charge in [0.2, 0.25) is 0 Å². The van der Waals surface area contributed by atoms with Crippen LogP contribution in [0.1, 0.15) is 25.0 Å². The first kappa shape index (κ1) is 15.5. The lowest BCUT2D eigenvalue weighted by Crippen LogP contribution is -2.23. The molecule has 0 aliphatic rings. The van der Waals surface area contributed by atoms with Gasteiger partial charge in [-0.1, -0.05) is 0 Å². The van der Waals surface area contributed by atoms with Crippen molar-refractivity contribution in [2.75, 3.05) is 6.61 Å². The van der Waals surface area contributed by atoms with Crippen LogP contribution < -0.4 is 0 Å². The first-order chi connectivity index (χ1) is 8.86. The summed E-state index contributed by atoms with van der Waals surface area (Å²) in [5, 5.41) is 19.2. The number of rotatable bonds is 5. The summed E-state index contributed by atoms with van der Waals surface area (Å²) >= 11 is 0. The van der Waals surface area contributed by atoms with E-state index in [1.54, 1.807) is 6.92 Å². The highest BCUT2D eigenvalue weighted by Gasteiger charge is 2.24. The summed E-state index contributed by atoms with van der Waals surface area (Å²) in [6, 6.07) is 1.11. The van der Waals surface area contributed by atoms with E-state index in [9.17, 15) is 28.2 Å². The number of aliphatic hydroxyl groups excluding tert-OH is 2. The number of carbonyl (C=O) groups excluding carboxylic acids is 1. The molecular formula is C12H13F3O4. The van der Waals surface area contributed by atoms with Crippen molar-refractivity contribution in [2.24, 2.45) is 0 Å². The molecule has 0 saturated carbocycles. The molecule has 7 heteroatoms. The molecule has 19 heavy (non-hydrogen) atoms. The van der Waals surface area contributed by atoms with Gasteiger partial charge in [-0.3, -0.25) is 4.79 Å². The molecule has 106 valence electrons. The molecule has 1 aromatic rings. The van der Waals surface area contributed by atoms with Crippen LogP contribution in [-0.4, -0.2) is 28.9 Å². The quantitative estimate of drug-likeness (QED) is 0.632. The highest BCUT2D eigenvalue weighted by molar-refractivity contribution is 5.70. The van der Waals surface area contributed by atoms with Crippen LogP contribution in [0.2, 0.25) is 0 Å². The maximum absolute atomic E-state index is 12.9. The number of aliphatic hydroxyl groups is 2. The Labute approximate surface area is 107 Å². The molecular weight excluding hydrogens is 265 g/mol. The van der Waals surface area contributed by atoms with Crippen molar-refractivity contribution in [3.05, 3.63) is 35.1 Å². The topological polar surface area (TPSA) is 66.8 Å². The van der Waals surface area contributed by atoms with Gasteiger partial charge in [-0.2, -0.15) is 0 Å². The zero-order valence-electron chi connectivity index (χ0n) is 10.1. The van der Waals surface area contributed by atoms with E-state index in [4.69, 9.17) is 0 Å². The summed E-state index contributed by atoms with van der Waals surface area (Å²) < 4.78 is 43.2. The van der Waals surface area contributed by atoms with Crippen molar-refractivity contribution >= 4 is 5.97 Å². The number of halogens is 3. The van der Waals surface area contributed by atoms with Crippen LogP contribution in [0.4, 0.5) is 13.2 Å². The van der Waals surface area contributed by atoms with E-state index in [0.29, 0.717) is 12.1 Å². The number of esters is 1. The van der Waals surface area contributed by atoms with E-state index in [1.807, 2.05) is 0 Å². The van der Waals surface area contributed by atoms with Gasteiger partial charge in [-0.05, 0) is 24.6 Å². The predicted molar refractivity (Wildman–Crippen MR) is 58.5 cm³/mol. The number of carbonyl (C=O) groups is 1. The first-order valence-electron chi connectivity index (χ1n) is 5.53. The molecule has 0 aliphatic heterocycles. The van der Waals surface area contributed by atoms with Gasteiger partial charge in [0.15, 0.2) is 17.5 Å². The Morgan fingerprint density at radius 3 is 2.26 bits per heavy atom. The highest BCUT2D eigenvalue weighted by Crippen LogP contribution is 2.23. The fraction of sp³-hybridized carbons (Fsp3) is 0.417. The van der Waals surface area contributed by atoms with Gasteiger partial charge in [-0.25, -0.2) is 13.2 Å². The van der Waals surface area contributed by atoms with Crippen molar-refractivity contribution < 1.29 is 32.9 Å². The third-order valence-corrected chi connectivity index (χ3v) is 2.39. The molecule has 0 aliphatic carbocycles. The number of hydrogen-bond donors (Lipinski definition) is 2. The average molecular weight is 278 g/mol. The predicted octanol–water partition coefficient (Wildman–Crippen LogP) is 1.45. The monoisotopic (exact) mass is 278 g/mol. The van der Waals surface area contributed by atoms with Gasteiger partial charge in [-0.15, -0.1) is 0 Å². The molecule has 0 aromatic heterocycles. The highest BCUT2D eigenvalue weighted by atomic mass is 19.2. The van der Waals surface area contributed by atoms with E-state index in [1.165, 1.54) is 0 Å².